The van der Waals surface area contributed by atoms with Gasteiger partial charge in [0.2, 0.25) is 0 Å². The highest BCUT2D eigenvalue weighted by Crippen LogP contribution is 2.40. The Kier molecular flexibility index (Phi) is 2.58. The Hall–Kier alpha value is -0.0400. The van der Waals surface area contributed by atoms with E-state index < -0.39 is 0 Å². The molecule has 0 aliphatic heterocycles. The first-order valence-electron chi connectivity index (χ1n) is 4.88. The largest absolute Gasteiger partial charge is 0.309 e. The third-order valence-electron chi connectivity index (χ3n) is 3.17. The second-order valence-corrected chi connectivity index (χ2v) is 4.25. The summed E-state index contributed by atoms with van der Waals surface area (Å²) >= 11 is 0. The second kappa shape index (κ2) is 3.14. The van der Waals surface area contributed by atoms with Crippen LogP contribution in [-0.4, -0.2) is 11.6 Å². The molecule has 0 amide bonds. The van der Waals surface area contributed by atoms with Crippen LogP contribution in [0.25, 0.3) is 0 Å². The molecule has 1 heteroatoms. The normalized spacial score (nSPS) is 37.4. The smallest absolute Gasteiger partial charge is 0.0206 e. The highest BCUT2D eigenvalue weighted by Gasteiger charge is 2.42. The molecule has 1 rings (SSSR count). The van der Waals surface area contributed by atoms with Crippen LogP contribution >= 0.6 is 0 Å². The molecule has 1 fully saturated rings. The van der Waals surface area contributed by atoms with Crippen molar-refractivity contribution in [1.29, 1.82) is 0 Å². The van der Waals surface area contributed by atoms with Crippen LogP contribution in [0.2, 0.25) is 0 Å². The predicted octanol–water partition coefficient (Wildman–Crippen LogP) is 2.56. The molecule has 1 aliphatic rings. The van der Waals surface area contributed by atoms with E-state index >= 15 is 0 Å². The fourth-order valence-corrected chi connectivity index (χ4v) is 2.20. The average molecular weight is 155 g/mol. The van der Waals surface area contributed by atoms with Gasteiger partial charge in [0.1, 0.15) is 0 Å². The minimum atomic E-state index is 0.494. The second-order valence-electron chi connectivity index (χ2n) is 4.25. The Morgan fingerprint density at radius 1 is 1.55 bits per heavy atom. The maximum absolute atomic E-state index is 3.69. The van der Waals surface area contributed by atoms with Crippen LogP contribution in [-0.2, 0) is 0 Å². The molecule has 0 aromatic heterocycles. The highest BCUT2D eigenvalue weighted by atomic mass is 15.0. The van der Waals surface area contributed by atoms with Gasteiger partial charge < -0.3 is 5.32 Å². The zero-order valence-corrected chi connectivity index (χ0v) is 8.28. The Morgan fingerprint density at radius 3 is 2.27 bits per heavy atom. The van der Waals surface area contributed by atoms with Crippen molar-refractivity contribution in [3.05, 3.63) is 0 Å². The van der Waals surface area contributed by atoms with E-state index in [1.807, 2.05) is 0 Å². The average Bonchev–Trinajstić information content (AvgIpc) is 1.96. The molecule has 2 atom stereocenters. The van der Waals surface area contributed by atoms with Crippen molar-refractivity contribution < 1.29 is 0 Å². The molecular formula is C10H21N. The van der Waals surface area contributed by atoms with E-state index in [0.29, 0.717) is 11.6 Å². The number of hydrogen-bond donors (Lipinski definition) is 1. The third kappa shape index (κ3) is 1.58. The van der Waals surface area contributed by atoms with Gasteiger partial charge in [0.15, 0.2) is 0 Å². The number of rotatable bonds is 3. The van der Waals surface area contributed by atoms with Crippen molar-refractivity contribution in [3.63, 3.8) is 0 Å². The monoisotopic (exact) mass is 155 g/mol. The van der Waals surface area contributed by atoms with E-state index in [1.165, 1.54) is 19.3 Å². The van der Waals surface area contributed by atoms with Crippen LogP contribution in [0, 0.1) is 5.92 Å². The third-order valence-corrected chi connectivity index (χ3v) is 3.17. The Bertz CT molecular complexity index is 127. The Labute approximate surface area is 70.6 Å². The van der Waals surface area contributed by atoms with E-state index in [2.05, 4.69) is 33.0 Å². The van der Waals surface area contributed by atoms with Gasteiger partial charge in [-0.25, -0.2) is 0 Å². The fraction of sp³-hybridized carbons (Fsp3) is 1.00. The maximum Gasteiger partial charge on any atom is 0.0206 e. The van der Waals surface area contributed by atoms with Gasteiger partial charge >= 0.3 is 0 Å². The molecule has 0 bridgehead atoms. The maximum atomic E-state index is 3.69. The molecule has 0 radical (unpaired) electrons. The fourth-order valence-electron chi connectivity index (χ4n) is 2.20. The summed E-state index contributed by atoms with van der Waals surface area (Å²) in [7, 11) is 0. The molecule has 0 spiro atoms. The van der Waals surface area contributed by atoms with Crippen LogP contribution in [0.15, 0.2) is 0 Å². The summed E-state index contributed by atoms with van der Waals surface area (Å²) in [5, 5.41) is 3.69. The van der Waals surface area contributed by atoms with Crippen LogP contribution < -0.4 is 5.32 Å². The number of hydrogen-bond acceptors (Lipinski definition) is 1. The highest BCUT2D eigenvalue weighted by molar-refractivity contribution is 5.00. The first-order chi connectivity index (χ1) is 5.10. The van der Waals surface area contributed by atoms with E-state index in [4.69, 9.17) is 0 Å². The molecule has 1 aliphatic carbocycles. The van der Waals surface area contributed by atoms with Gasteiger partial charge in [-0.3, -0.25) is 0 Å². The molecule has 1 nitrogen and oxygen atoms in total. The topological polar surface area (TPSA) is 12.0 Å². The van der Waals surface area contributed by atoms with Crippen molar-refractivity contribution >= 4 is 0 Å². The predicted molar refractivity (Wildman–Crippen MR) is 49.7 cm³/mol. The molecule has 0 aromatic rings. The first kappa shape index (κ1) is 9.05. The zero-order chi connectivity index (χ0) is 8.48. The van der Waals surface area contributed by atoms with Gasteiger partial charge in [-0.2, -0.15) is 0 Å². The Balaban J connectivity index is 2.47. The zero-order valence-electron chi connectivity index (χ0n) is 8.28. The lowest BCUT2D eigenvalue weighted by Gasteiger charge is -2.50. The summed E-state index contributed by atoms with van der Waals surface area (Å²) in [5.41, 5.74) is 0.494. The van der Waals surface area contributed by atoms with Crippen molar-refractivity contribution in [2.45, 2.75) is 58.5 Å². The molecule has 11 heavy (non-hydrogen) atoms. The molecule has 0 saturated heterocycles. The van der Waals surface area contributed by atoms with Gasteiger partial charge in [-0.15, -0.1) is 0 Å². The standard InChI is InChI=1S/C10H21N/c1-5-10(11-8(2)3)7-6-9(10)4/h8-9,11H,5-7H2,1-4H3. The van der Waals surface area contributed by atoms with Gasteiger partial charge in [0.05, 0.1) is 0 Å². The van der Waals surface area contributed by atoms with Crippen LogP contribution in [0.1, 0.15) is 47.0 Å². The van der Waals surface area contributed by atoms with Gasteiger partial charge in [0, 0.05) is 11.6 Å². The SMILES string of the molecule is CCC1(NC(C)C)CCC1C. The molecule has 1 saturated carbocycles. The van der Waals surface area contributed by atoms with Gasteiger partial charge in [-0.1, -0.05) is 27.7 Å². The summed E-state index contributed by atoms with van der Waals surface area (Å²) in [5.74, 6) is 0.884. The van der Waals surface area contributed by atoms with Crippen molar-refractivity contribution in [2.24, 2.45) is 5.92 Å². The molecule has 66 valence electrons. The first-order valence-corrected chi connectivity index (χ1v) is 4.88. The van der Waals surface area contributed by atoms with Crippen LogP contribution in [0.3, 0.4) is 0 Å². The molecular weight excluding hydrogens is 134 g/mol. The summed E-state index contributed by atoms with van der Waals surface area (Å²) in [6.07, 6.45) is 4.07. The lowest BCUT2D eigenvalue weighted by molar-refractivity contribution is 0.0821. The summed E-state index contributed by atoms with van der Waals surface area (Å²) < 4.78 is 0. The van der Waals surface area contributed by atoms with E-state index in [1.54, 1.807) is 0 Å². The summed E-state index contributed by atoms with van der Waals surface area (Å²) in [4.78, 5) is 0. The minimum absolute atomic E-state index is 0.494. The quantitative estimate of drug-likeness (QED) is 0.660. The Morgan fingerprint density at radius 2 is 2.18 bits per heavy atom. The van der Waals surface area contributed by atoms with Crippen molar-refractivity contribution in [2.75, 3.05) is 0 Å². The van der Waals surface area contributed by atoms with Crippen LogP contribution in [0.4, 0.5) is 0 Å². The molecule has 2 unspecified atom stereocenters. The molecule has 0 aromatic carbocycles. The minimum Gasteiger partial charge on any atom is -0.309 e. The van der Waals surface area contributed by atoms with Gasteiger partial charge in [-0.05, 0) is 25.2 Å². The summed E-state index contributed by atoms with van der Waals surface area (Å²) in [6, 6.07) is 0.637. The molecule has 1 N–H and O–H groups in total. The van der Waals surface area contributed by atoms with Crippen molar-refractivity contribution in [1.82, 2.24) is 5.32 Å². The van der Waals surface area contributed by atoms with E-state index in [-0.39, 0.29) is 0 Å². The molecule has 0 heterocycles. The van der Waals surface area contributed by atoms with E-state index in [9.17, 15) is 0 Å². The van der Waals surface area contributed by atoms with Crippen LogP contribution in [0.5, 0.6) is 0 Å². The summed E-state index contributed by atoms with van der Waals surface area (Å²) in [6.45, 7) is 9.14. The van der Waals surface area contributed by atoms with Gasteiger partial charge in [0.25, 0.3) is 0 Å². The number of nitrogens with one attached hydrogen (secondary N) is 1. The lowest BCUT2D eigenvalue weighted by atomic mass is 9.66. The van der Waals surface area contributed by atoms with Crippen molar-refractivity contribution in [3.8, 4) is 0 Å². The lowest BCUT2D eigenvalue weighted by Crippen LogP contribution is -2.58. The van der Waals surface area contributed by atoms with E-state index in [0.717, 1.165) is 5.92 Å².